The van der Waals surface area contributed by atoms with Gasteiger partial charge in [-0.05, 0) is 25.7 Å². The Bertz CT molecular complexity index is 697. The summed E-state index contributed by atoms with van der Waals surface area (Å²) in [6, 6.07) is 10.6. The first-order valence-corrected chi connectivity index (χ1v) is 7.77. The highest BCUT2D eigenvalue weighted by Crippen LogP contribution is 2.13. The second kappa shape index (κ2) is 8.26. The highest BCUT2D eigenvalue weighted by atomic mass is 16.5. The molecule has 0 saturated heterocycles. The van der Waals surface area contributed by atoms with Gasteiger partial charge in [0.05, 0.1) is 12.8 Å². The van der Waals surface area contributed by atoms with E-state index in [0.29, 0.717) is 17.9 Å². The van der Waals surface area contributed by atoms with E-state index in [2.05, 4.69) is 22.2 Å². The standard InChI is InChI=1S/C17H22N4O3/c1-4-20(2)11-10-18-16(22)15-12-14(17(23)24-3)19-21(15)13-8-6-5-7-9-13/h5-9,12H,4,10-11H2,1-3H3,(H,18,22). The van der Waals surface area contributed by atoms with Gasteiger partial charge in [0.15, 0.2) is 5.69 Å². The van der Waals surface area contributed by atoms with Gasteiger partial charge in [-0.1, -0.05) is 25.1 Å². The number of hydrogen-bond donors (Lipinski definition) is 1. The molecule has 2 rings (SSSR count). The van der Waals surface area contributed by atoms with E-state index in [1.54, 1.807) is 0 Å². The molecule has 0 fully saturated rings. The Morgan fingerprint density at radius 1 is 1.29 bits per heavy atom. The van der Waals surface area contributed by atoms with Crippen LogP contribution < -0.4 is 5.32 Å². The molecule has 128 valence electrons. The summed E-state index contributed by atoms with van der Waals surface area (Å²) >= 11 is 0. The van der Waals surface area contributed by atoms with Crippen LogP contribution in [0.1, 0.15) is 27.9 Å². The first-order chi connectivity index (χ1) is 11.6. The van der Waals surface area contributed by atoms with Crippen molar-refractivity contribution >= 4 is 11.9 Å². The van der Waals surface area contributed by atoms with E-state index in [4.69, 9.17) is 4.74 Å². The second-order valence-electron chi connectivity index (χ2n) is 5.31. The lowest BCUT2D eigenvalue weighted by molar-refractivity contribution is 0.0593. The summed E-state index contributed by atoms with van der Waals surface area (Å²) < 4.78 is 6.14. The zero-order chi connectivity index (χ0) is 17.5. The van der Waals surface area contributed by atoms with E-state index < -0.39 is 5.97 Å². The number of nitrogens with one attached hydrogen (secondary N) is 1. The number of methoxy groups -OCH3 is 1. The summed E-state index contributed by atoms with van der Waals surface area (Å²) in [7, 11) is 3.26. The van der Waals surface area contributed by atoms with Gasteiger partial charge >= 0.3 is 5.97 Å². The van der Waals surface area contributed by atoms with E-state index in [0.717, 1.165) is 13.1 Å². The molecule has 0 radical (unpaired) electrons. The van der Waals surface area contributed by atoms with Crippen molar-refractivity contribution in [3.8, 4) is 5.69 Å². The third kappa shape index (κ3) is 4.20. The zero-order valence-corrected chi connectivity index (χ0v) is 14.2. The topological polar surface area (TPSA) is 76.5 Å². The van der Waals surface area contributed by atoms with Crippen LogP contribution in [0.5, 0.6) is 0 Å². The first kappa shape index (κ1) is 17.7. The van der Waals surface area contributed by atoms with Crippen molar-refractivity contribution in [1.82, 2.24) is 20.0 Å². The molecule has 1 aromatic heterocycles. The van der Waals surface area contributed by atoms with E-state index in [9.17, 15) is 9.59 Å². The van der Waals surface area contributed by atoms with E-state index in [1.807, 2.05) is 37.4 Å². The quantitative estimate of drug-likeness (QED) is 0.775. The van der Waals surface area contributed by atoms with Gasteiger partial charge in [0.1, 0.15) is 5.69 Å². The Kier molecular flexibility index (Phi) is 6.08. The predicted molar refractivity (Wildman–Crippen MR) is 90.4 cm³/mol. The minimum atomic E-state index is -0.579. The zero-order valence-electron chi connectivity index (χ0n) is 14.2. The normalized spacial score (nSPS) is 10.7. The maximum Gasteiger partial charge on any atom is 0.358 e. The number of benzene rings is 1. The molecular formula is C17H22N4O3. The Morgan fingerprint density at radius 2 is 2.00 bits per heavy atom. The fourth-order valence-electron chi connectivity index (χ4n) is 2.12. The second-order valence-corrected chi connectivity index (χ2v) is 5.31. The van der Waals surface area contributed by atoms with Gasteiger partial charge in [-0.3, -0.25) is 4.79 Å². The number of carbonyl (C=O) groups is 2. The lowest BCUT2D eigenvalue weighted by Crippen LogP contribution is -2.33. The molecule has 0 bridgehead atoms. The molecule has 1 aromatic carbocycles. The van der Waals surface area contributed by atoms with Crippen molar-refractivity contribution < 1.29 is 14.3 Å². The summed E-state index contributed by atoms with van der Waals surface area (Å²) in [6.07, 6.45) is 0. The number of esters is 1. The highest BCUT2D eigenvalue weighted by Gasteiger charge is 2.20. The fourth-order valence-corrected chi connectivity index (χ4v) is 2.12. The van der Waals surface area contributed by atoms with Crippen molar-refractivity contribution in [2.75, 3.05) is 33.8 Å². The molecule has 1 N–H and O–H groups in total. The van der Waals surface area contributed by atoms with E-state index >= 15 is 0 Å². The lowest BCUT2D eigenvalue weighted by Gasteiger charge is -2.14. The van der Waals surface area contributed by atoms with Crippen LogP contribution in [0.2, 0.25) is 0 Å². The van der Waals surface area contributed by atoms with Crippen molar-refractivity contribution in [3.63, 3.8) is 0 Å². The molecule has 0 saturated carbocycles. The number of likely N-dealkylation sites (N-methyl/N-ethyl adjacent to an activating group) is 1. The molecule has 2 aromatic rings. The number of carbonyl (C=O) groups excluding carboxylic acids is 2. The molecule has 7 heteroatoms. The van der Waals surface area contributed by atoms with Gasteiger partial charge in [-0.25, -0.2) is 9.48 Å². The molecule has 0 spiro atoms. The van der Waals surface area contributed by atoms with Gasteiger partial charge < -0.3 is 15.0 Å². The average molecular weight is 330 g/mol. The predicted octanol–water partition coefficient (Wildman–Crippen LogP) is 1.34. The Hall–Kier alpha value is -2.67. The van der Waals surface area contributed by atoms with Crippen LogP contribution in [-0.4, -0.2) is 60.3 Å². The number of rotatable bonds is 7. The maximum absolute atomic E-state index is 12.5. The van der Waals surface area contributed by atoms with E-state index in [-0.39, 0.29) is 11.6 Å². The van der Waals surface area contributed by atoms with Crippen molar-refractivity contribution in [2.24, 2.45) is 0 Å². The van der Waals surface area contributed by atoms with Crippen molar-refractivity contribution in [3.05, 3.63) is 47.8 Å². The number of hydrogen-bond acceptors (Lipinski definition) is 5. The fraction of sp³-hybridized carbons (Fsp3) is 0.353. The van der Waals surface area contributed by atoms with Crippen molar-refractivity contribution in [1.29, 1.82) is 0 Å². The van der Waals surface area contributed by atoms with Crippen LogP contribution in [0.4, 0.5) is 0 Å². The smallest absolute Gasteiger partial charge is 0.358 e. The molecule has 0 atom stereocenters. The third-order valence-corrected chi connectivity index (χ3v) is 3.66. The van der Waals surface area contributed by atoms with Gasteiger partial charge in [-0.2, -0.15) is 5.10 Å². The van der Waals surface area contributed by atoms with Gasteiger partial charge in [-0.15, -0.1) is 0 Å². The summed E-state index contributed by atoms with van der Waals surface area (Å²) in [5, 5.41) is 7.05. The number of para-hydroxylation sites is 1. The molecule has 7 nitrogen and oxygen atoms in total. The summed E-state index contributed by atoms with van der Waals surface area (Å²) in [5.74, 6) is -0.865. The minimum Gasteiger partial charge on any atom is -0.464 e. The number of amides is 1. The molecule has 1 amide bonds. The van der Waals surface area contributed by atoms with Crippen LogP contribution in [-0.2, 0) is 4.74 Å². The maximum atomic E-state index is 12.5. The molecule has 0 aliphatic rings. The summed E-state index contributed by atoms with van der Waals surface area (Å²) in [5.41, 5.74) is 1.08. The van der Waals surface area contributed by atoms with Crippen molar-refractivity contribution in [2.45, 2.75) is 6.92 Å². The van der Waals surface area contributed by atoms with E-state index in [1.165, 1.54) is 17.9 Å². The minimum absolute atomic E-state index is 0.0946. The number of aromatic nitrogens is 2. The largest absolute Gasteiger partial charge is 0.464 e. The summed E-state index contributed by atoms with van der Waals surface area (Å²) in [4.78, 5) is 26.3. The van der Waals surface area contributed by atoms with Crippen LogP contribution in [0.3, 0.4) is 0 Å². The molecule has 0 unspecified atom stereocenters. The van der Waals surface area contributed by atoms with Gasteiger partial charge in [0, 0.05) is 19.2 Å². The lowest BCUT2D eigenvalue weighted by atomic mass is 10.3. The molecular weight excluding hydrogens is 308 g/mol. The SMILES string of the molecule is CCN(C)CCNC(=O)c1cc(C(=O)OC)nn1-c1ccccc1. The van der Waals surface area contributed by atoms with Crippen LogP contribution in [0.25, 0.3) is 5.69 Å². The third-order valence-electron chi connectivity index (χ3n) is 3.66. The Labute approximate surface area is 141 Å². The van der Waals surface area contributed by atoms with Crippen LogP contribution in [0, 0.1) is 0 Å². The first-order valence-electron chi connectivity index (χ1n) is 7.77. The molecule has 0 aliphatic heterocycles. The monoisotopic (exact) mass is 330 g/mol. The van der Waals surface area contributed by atoms with Crippen LogP contribution in [0.15, 0.2) is 36.4 Å². The van der Waals surface area contributed by atoms with Gasteiger partial charge in [0.25, 0.3) is 5.91 Å². The molecule has 0 aliphatic carbocycles. The number of nitrogens with zero attached hydrogens (tertiary/aromatic N) is 3. The Balaban J connectivity index is 2.25. The van der Waals surface area contributed by atoms with Gasteiger partial charge in [0.2, 0.25) is 0 Å². The molecule has 1 heterocycles. The highest BCUT2D eigenvalue weighted by molar-refractivity contribution is 5.96. The number of ether oxygens (including phenoxy) is 1. The van der Waals surface area contributed by atoms with Crippen LogP contribution >= 0.6 is 0 Å². The average Bonchev–Trinajstić information content (AvgIpc) is 3.07. The molecule has 24 heavy (non-hydrogen) atoms. The Morgan fingerprint density at radius 3 is 2.62 bits per heavy atom. The summed E-state index contributed by atoms with van der Waals surface area (Å²) in [6.45, 7) is 4.21.